The number of amides is 3. The molecule has 0 aliphatic rings. The predicted octanol–water partition coefficient (Wildman–Crippen LogP) is -0.292. The highest BCUT2D eigenvalue weighted by molar-refractivity contribution is 7.89. The molecule has 0 saturated heterocycles. The Labute approximate surface area is 139 Å². The minimum absolute atomic E-state index is 0.0120. The van der Waals surface area contributed by atoms with E-state index in [0.29, 0.717) is 0 Å². The molecule has 9 nitrogen and oxygen atoms in total. The van der Waals surface area contributed by atoms with Crippen LogP contribution < -0.4 is 15.8 Å². The zero-order chi connectivity index (χ0) is 18.5. The lowest BCUT2D eigenvalue weighted by Crippen LogP contribution is -2.43. The number of hydrogen-bond acceptors (Lipinski definition) is 6. The van der Waals surface area contributed by atoms with Gasteiger partial charge in [-0.3, -0.25) is 14.9 Å². The number of ether oxygens (including phenoxy) is 1. The molecule has 24 heavy (non-hydrogen) atoms. The Hall–Kier alpha value is -2.46. The van der Waals surface area contributed by atoms with Gasteiger partial charge >= 0.3 is 12.0 Å². The molecule has 0 fully saturated rings. The summed E-state index contributed by atoms with van der Waals surface area (Å²) < 4.78 is 31.0. The van der Waals surface area contributed by atoms with E-state index in [1.54, 1.807) is 18.3 Å². The van der Waals surface area contributed by atoms with Crippen molar-refractivity contribution in [1.82, 2.24) is 10.0 Å². The van der Waals surface area contributed by atoms with Crippen molar-refractivity contribution in [1.29, 1.82) is 0 Å². The molecule has 0 aromatic heterocycles. The lowest BCUT2D eigenvalue weighted by Gasteiger charge is -2.13. The number of carbonyl (C=O) groups excluding carboxylic acids is 3. The maximum atomic E-state index is 12.1. The third-order valence-corrected chi connectivity index (χ3v) is 4.52. The topological polar surface area (TPSA) is 145 Å². The summed E-state index contributed by atoms with van der Waals surface area (Å²) >= 11 is 0. The number of nitrogens with one attached hydrogen (secondary N) is 2. The van der Waals surface area contributed by atoms with Crippen LogP contribution in [0.2, 0.25) is 0 Å². The van der Waals surface area contributed by atoms with Gasteiger partial charge in [-0.25, -0.2) is 13.2 Å². The fourth-order valence-electron chi connectivity index (χ4n) is 1.63. The Bertz CT molecular complexity index is 760. The molecule has 3 amide bonds. The van der Waals surface area contributed by atoms with Gasteiger partial charge in [0.25, 0.3) is 5.91 Å². The van der Waals surface area contributed by atoms with Crippen LogP contribution in [0, 0.1) is 13.8 Å². The fraction of sp³-hybridized carbons (Fsp3) is 0.357. The van der Waals surface area contributed by atoms with Gasteiger partial charge in [0.15, 0.2) is 6.10 Å². The average molecular weight is 357 g/mol. The number of benzene rings is 1. The molecule has 10 heteroatoms. The van der Waals surface area contributed by atoms with E-state index < -0.39 is 40.6 Å². The highest BCUT2D eigenvalue weighted by Crippen LogP contribution is 2.14. The molecule has 0 bridgehead atoms. The van der Waals surface area contributed by atoms with Crippen molar-refractivity contribution in [2.24, 2.45) is 5.73 Å². The third kappa shape index (κ3) is 5.63. The second-order valence-corrected chi connectivity index (χ2v) is 6.82. The molecule has 1 rings (SSSR count). The second kappa shape index (κ2) is 7.88. The van der Waals surface area contributed by atoms with Gasteiger partial charge in [0.1, 0.15) is 6.54 Å². The highest BCUT2D eigenvalue weighted by atomic mass is 32.2. The molecule has 132 valence electrons. The van der Waals surface area contributed by atoms with E-state index in [4.69, 9.17) is 10.5 Å². The summed E-state index contributed by atoms with van der Waals surface area (Å²) in [6, 6.07) is 3.46. The summed E-state index contributed by atoms with van der Waals surface area (Å²) in [7, 11) is -3.90. The lowest BCUT2D eigenvalue weighted by atomic mass is 10.1. The number of aryl methyl sites for hydroxylation is 2. The van der Waals surface area contributed by atoms with E-state index in [1.807, 2.05) is 6.92 Å². The summed E-state index contributed by atoms with van der Waals surface area (Å²) in [6.07, 6.45) is -1.30. The molecule has 1 aromatic carbocycles. The molecule has 0 saturated carbocycles. The average Bonchev–Trinajstić information content (AvgIpc) is 2.47. The molecule has 0 aliphatic heterocycles. The minimum Gasteiger partial charge on any atom is -0.452 e. The van der Waals surface area contributed by atoms with Gasteiger partial charge in [-0.15, -0.1) is 0 Å². The van der Waals surface area contributed by atoms with Crippen LogP contribution in [0.25, 0.3) is 0 Å². The minimum atomic E-state index is -3.90. The highest BCUT2D eigenvalue weighted by Gasteiger charge is 2.21. The second-order valence-electron chi connectivity index (χ2n) is 5.06. The zero-order valence-electron chi connectivity index (χ0n) is 13.5. The molecule has 1 atom stereocenters. The number of urea groups is 1. The fourth-order valence-corrected chi connectivity index (χ4v) is 2.69. The summed E-state index contributed by atoms with van der Waals surface area (Å²) in [4.78, 5) is 33.5. The maximum absolute atomic E-state index is 12.1. The monoisotopic (exact) mass is 357 g/mol. The predicted molar refractivity (Wildman–Crippen MR) is 84.4 cm³/mol. The maximum Gasteiger partial charge on any atom is 0.321 e. The Morgan fingerprint density at radius 1 is 1.21 bits per heavy atom. The van der Waals surface area contributed by atoms with E-state index >= 15 is 0 Å². The number of esters is 1. The molecular weight excluding hydrogens is 338 g/mol. The Balaban J connectivity index is 2.64. The van der Waals surface area contributed by atoms with Gasteiger partial charge in [0.2, 0.25) is 10.0 Å². The SMILES string of the molecule is Cc1ccc(S(=O)(=O)NCC(=O)O[C@H](C)C(=O)NC(N)=O)cc1C. The van der Waals surface area contributed by atoms with Gasteiger partial charge in [0, 0.05) is 0 Å². The number of sulfonamides is 1. The molecule has 0 heterocycles. The summed E-state index contributed by atoms with van der Waals surface area (Å²) in [5, 5.41) is 1.74. The Morgan fingerprint density at radius 2 is 1.83 bits per heavy atom. The smallest absolute Gasteiger partial charge is 0.321 e. The molecular formula is C14H19N3O6S. The van der Waals surface area contributed by atoms with Crippen LogP contribution in [0.1, 0.15) is 18.1 Å². The number of hydrogen-bond donors (Lipinski definition) is 3. The van der Waals surface area contributed by atoms with E-state index in [0.717, 1.165) is 11.1 Å². The van der Waals surface area contributed by atoms with Crippen LogP contribution >= 0.6 is 0 Å². The van der Waals surface area contributed by atoms with Crippen LogP contribution in [-0.4, -0.2) is 39.0 Å². The molecule has 4 N–H and O–H groups in total. The van der Waals surface area contributed by atoms with Crippen molar-refractivity contribution in [3.05, 3.63) is 29.3 Å². The van der Waals surface area contributed by atoms with Gasteiger partial charge < -0.3 is 10.5 Å². The first-order valence-electron chi connectivity index (χ1n) is 6.89. The van der Waals surface area contributed by atoms with Crippen LogP contribution in [0.5, 0.6) is 0 Å². The van der Waals surface area contributed by atoms with E-state index in [-0.39, 0.29) is 4.90 Å². The van der Waals surface area contributed by atoms with Gasteiger partial charge in [-0.05, 0) is 44.0 Å². The largest absolute Gasteiger partial charge is 0.452 e. The van der Waals surface area contributed by atoms with Crippen molar-refractivity contribution >= 4 is 27.9 Å². The molecule has 0 unspecified atom stereocenters. The first-order valence-corrected chi connectivity index (χ1v) is 8.38. The molecule has 0 radical (unpaired) electrons. The van der Waals surface area contributed by atoms with Crippen LogP contribution in [0.3, 0.4) is 0 Å². The van der Waals surface area contributed by atoms with E-state index in [1.165, 1.54) is 19.1 Å². The number of rotatable bonds is 6. The normalized spacial score (nSPS) is 12.3. The Kier molecular flexibility index (Phi) is 6.43. The van der Waals surface area contributed by atoms with Crippen LogP contribution in [-0.2, 0) is 24.3 Å². The number of carbonyl (C=O) groups is 3. The summed E-state index contributed by atoms with van der Waals surface area (Å²) in [5.41, 5.74) is 6.48. The van der Waals surface area contributed by atoms with Gasteiger partial charge in [-0.2, -0.15) is 4.72 Å². The van der Waals surface area contributed by atoms with Crippen molar-refractivity contribution < 1.29 is 27.5 Å². The summed E-state index contributed by atoms with van der Waals surface area (Å²) in [6.45, 7) is 4.16. The molecule has 1 aromatic rings. The van der Waals surface area contributed by atoms with Crippen molar-refractivity contribution in [3.63, 3.8) is 0 Å². The van der Waals surface area contributed by atoms with E-state index in [9.17, 15) is 22.8 Å². The number of imide groups is 1. The third-order valence-electron chi connectivity index (χ3n) is 3.12. The molecule has 0 spiro atoms. The lowest BCUT2D eigenvalue weighted by molar-refractivity contribution is -0.153. The summed E-state index contributed by atoms with van der Waals surface area (Å²) in [5.74, 6) is -1.89. The van der Waals surface area contributed by atoms with E-state index in [2.05, 4.69) is 4.72 Å². The van der Waals surface area contributed by atoms with Gasteiger partial charge in [-0.1, -0.05) is 6.07 Å². The first-order chi connectivity index (χ1) is 11.0. The van der Waals surface area contributed by atoms with Crippen molar-refractivity contribution in [2.75, 3.05) is 6.54 Å². The van der Waals surface area contributed by atoms with Crippen molar-refractivity contribution in [3.8, 4) is 0 Å². The number of nitrogens with two attached hydrogens (primary N) is 1. The molecule has 0 aliphatic carbocycles. The zero-order valence-corrected chi connectivity index (χ0v) is 14.3. The van der Waals surface area contributed by atoms with Crippen LogP contribution in [0.4, 0.5) is 4.79 Å². The van der Waals surface area contributed by atoms with Crippen molar-refractivity contribution in [2.45, 2.75) is 31.8 Å². The Morgan fingerprint density at radius 3 is 2.38 bits per heavy atom. The van der Waals surface area contributed by atoms with Gasteiger partial charge in [0.05, 0.1) is 4.90 Å². The standard InChI is InChI=1S/C14H19N3O6S/c1-8-4-5-11(6-9(8)2)24(21,22)16-7-12(18)23-10(3)13(19)17-14(15)20/h4-6,10,16H,7H2,1-3H3,(H3,15,17,19,20)/t10-/m1/s1. The number of primary amides is 1. The quantitative estimate of drug-likeness (QED) is 0.597. The first kappa shape index (κ1) is 19.6. The van der Waals surface area contributed by atoms with Crippen LogP contribution in [0.15, 0.2) is 23.1 Å².